The zero-order valence-electron chi connectivity index (χ0n) is 15.2. The van der Waals surface area contributed by atoms with Crippen LogP contribution >= 0.6 is 11.3 Å². The second kappa shape index (κ2) is 9.45. The Balaban J connectivity index is 1.60. The third kappa shape index (κ3) is 5.12. The Morgan fingerprint density at radius 2 is 2.15 bits per heavy atom. The number of ether oxygens (including phenoxy) is 1. The molecule has 0 atom stereocenters. The molecule has 1 fully saturated rings. The van der Waals surface area contributed by atoms with E-state index in [4.69, 9.17) is 4.74 Å². The van der Waals surface area contributed by atoms with Crippen LogP contribution in [-0.2, 0) is 0 Å². The first-order chi connectivity index (χ1) is 12.8. The molecule has 1 aliphatic rings. The number of hydrogen-bond donors (Lipinski definition) is 2. The number of nitrogens with one attached hydrogen (secondary N) is 2. The lowest BCUT2D eigenvalue weighted by Crippen LogP contribution is -2.30. The van der Waals surface area contributed by atoms with Crippen LogP contribution in [0.2, 0.25) is 0 Å². The molecule has 0 spiro atoms. The molecule has 3 heterocycles. The maximum atomic E-state index is 5.86. The zero-order valence-corrected chi connectivity index (χ0v) is 16.1. The number of piperidine rings is 1. The molecule has 0 saturated carbocycles. The first-order valence-corrected chi connectivity index (χ1v) is 9.78. The van der Waals surface area contributed by atoms with Crippen LogP contribution in [-0.4, -0.2) is 34.6 Å². The molecule has 1 aliphatic heterocycles. The van der Waals surface area contributed by atoms with Crippen molar-refractivity contribution in [3.05, 3.63) is 41.7 Å². The summed E-state index contributed by atoms with van der Waals surface area (Å²) in [6, 6.07) is 1.82. The first kappa shape index (κ1) is 18.5. The Labute approximate surface area is 158 Å². The van der Waals surface area contributed by atoms with E-state index >= 15 is 0 Å². The Hall–Kier alpha value is -2.25. The van der Waals surface area contributed by atoms with Crippen molar-refractivity contribution in [3.63, 3.8) is 0 Å². The van der Waals surface area contributed by atoms with E-state index in [-0.39, 0.29) is 0 Å². The van der Waals surface area contributed by atoms with Crippen molar-refractivity contribution in [1.82, 2.24) is 20.3 Å². The fourth-order valence-electron chi connectivity index (χ4n) is 2.81. The van der Waals surface area contributed by atoms with Gasteiger partial charge in [0.1, 0.15) is 12.1 Å². The molecule has 0 unspecified atom stereocenters. The molecular weight excluding hydrogens is 346 g/mol. The SMILES string of the molecule is C/C=C\C(=C/C)c1cnc(Nc2cc(OCC3CCNCC3)ncn2)s1. The summed E-state index contributed by atoms with van der Waals surface area (Å²) in [5.41, 5.74) is 1.16. The summed E-state index contributed by atoms with van der Waals surface area (Å²) >= 11 is 1.59. The van der Waals surface area contributed by atoms with Crippen molar-refractivity contribution in [3.8, 4) is 5.88 Å². The van der Waals surface area contributed by atoms with Crippen LogP contribution in [0.25, 0.3) is 5.57 Å². The number of rotatable bonds is 7. The maximum Gasteiger partial charge on any atom is 0.218 e. The molecule has 26 heavy (non-hydrogen) atoms. The summed E-state index contributed by atoms with van der Waals surface area (Å²) in [4.78, 5) is 14.0. The van der Waals surface area contributed by atoms with Gasteiger partial charge in [-0.15, -0.1) is 0 Å². The highest BCUT2D eigenvalue weighted by atomic mass is 32.1. The van der Waals surface area contributed by atoms with Crippen molar-refractivity contribution in [2.24, 2.45) is 5.92 Å². The van der Waals surface area contributed by atoms with Crippen molar-refractivity contribution >= 4 is 27.9 Å². The van der Waals surface area contributed by atoms with Gasteiger partial charge in [0.05, 0.1) is 11.5 Å². The Morgan fingerprint density at radius 1 is 1.31 bits per heavy atom. The number of anilines is 2. The van der Waals surface area contributed by atoms with Crippen LogP contribution in [0.1, 0.15) is 31.6 Å². The number of aromatic nitrogens is 3. The Kier molecular flexibility index (Phi) is 6.74. The predicted molar refractivity (Wildman–Crippen MR) is 107 cm³/mol. The van der Waals surface area contributed by atoms with Crippen LogP contribution in [0.5, 0.6) is 5.88 Å². The van der Waals surface area contributed by atoms with Gasteiger partial charge in [-0.2, -0.15) is 0 Å². The lowest BCUT2D eigenvalue weighted by atomic mass is 9.99. The highest BCUT2D eigenvalue weighted by Crippen LogP contribution is 2.28. The molecule has 2 N–H and O–H groups in total. The third-order valence-corrected chi connectivity index (χ3v) is 5.21. The molecule has 1 saturated heterocycles. The minimum atomic E-state index is 0.593. The summed E-state index contributed by atoms with van der Waals surface area (Å²) in [6.07, 6.45) is 11.9. The van der Waals surface area contributed by atoms with Gasteiger partial charge < -0.3 is 15.4 Å². The van der Waals surface area contributed by atoms with Crippen LogP contribution in [0, 0.1) is 5.92 Å². The van der Waals surface area contributed by atoms with Gasteiger partial charge in [0, 0.05) is 12.3 Å². The minimum absolute atomic E-state index is 0.593. The van der Waals surface area contributed by atoms with E-state index in [0.717, 1.165) is 41.5 Å². The second-order valence-electron chi connectivity index (χ2n) is 6.14. The van der Waals surface area contributed by atoms with Crippen LogP contribution in [0.4, 0.5) is 10.9 Å². The predicted octanol–water partition coefficient (Wildman–Crippen LogP) is 4.03. The number of allylic oxidation sites excluding steroid dienone is 4. The topological polar surface area (TPSA) is 72.0 Å². The summed E-state index contributed by atoms with van der Waals surface area (Å²) in [6.45, 7) is 6.87. The monoisotopic (exact) mass is 371 g/mol. The first-order valence-electron chi connectivity index (χ1n) is 8.96. The van der Waals surface area contributed by atoms with Crippen LogP contribution in [0.15, 0.2) is 36.8 Å². The standard InChI is InChI=1S/C19H25N5OS/c1-3-5-15(4-2)16-11-21-19(26-16)24-17-10-18(23-13-22-17)25-12-14-6-8-20-9-7-14/h3-5,10-11,13-14,20H,6-9,12H2,1-2H3,(H,21,22,23,24)/b5-3-,15-4+. The molecule has 0 aliphatic carbocycles. The van der Waals surface area contributed by atoms with Gasteiger partial charge in [-0.25, -0.2) is 15.0 Å². The molecule has 6 nitrogen and oxygen atoms in total. The van der Waals surface area contributed by atoms with E-state index in [0.29, 0.717) is 24.2 Å². The highest BCUT2D eigenvalue weighted by Gasteiger charge is 2.14. The molecular formula is C19H25N5OS. The Bertz CT molecular complexity index is 765. The molecule has 2 aromatic rings. The van der Waals surface area contributed by atoms with E-state index < -0.39 is 0 Å². The maximum absolute atomic E-state index is 5.86. The van der Waals surface area contributed by atoms with Crippen molar-refractivity contribution in [1.29, 1.82) is 0 Å². The van der Waals surface area contributed by atoms with E-state index in [1.807, 2.05) is 32.2 Å². The van der Waals surface area contributed by atoms with Gasteiger partial charge in [0.15, 0.2) is 5.13 Å². The molecule has 0 amide bonds. The molecule has 138 valence electrons. The highest BCUT2D eigenvalue weighted by molar-refractivity contribution is 7.16. The lowest BCUT2D eigenvalue weighted by Gasteiger charge is -2.22. The third-order valence-electron chi connectivity index (χ3n) is 4.25. The van der Waals surface area contributed by atoms with Crippen LogP contribution < -0.4 is 15.4 Å². The van der Waals surface area contributed by atoms with Crippen LogP contribution in [0.3, 0.4) is 0 Å². The van der Waals surface area contributed by atoms with E-state index in [1.165, 1.54) is 6.33 Å². The van der Waals surface area contributed by atoms with Gasteiger partial charge in [0.2, 0.25) is 5.88 Å². The van der Waals surface area contributed by atoms with Gasteiger partial charge in [0.25, 0.3) is 0 Å². The molecule has 7 heteroatoms. The summed E-state index contributed by atoms with van der Waals surface area (Å²) in [5, 5.41) is 7.40. The molecule has 3 rings (SSSR count). The van der Waals surface area contributed by atoms with Gasteiger partial charge in [-0.05, 0) is 51.3 Å². The molecule has 0 radical (unpaired) electrons. The Morgan fingerprint density at radius 3 is 2.92 bits per heavy atom. The van der Waals surface area contributed by atoms with E-state index in [1.54, 1.807) is 11.3 Å². The minimum Gasteiger partial charge on any atom is -0.477 e. The van der Waals surface area contributed by atoms with Gasteiger partial charge >= 0.3 is 0 Å². The number of thiazole rings is 1. The van der Waals surface area contributed by atoms with Crippen molar-refractivity contribution < 1.29 is 4.74 Å². The summed E-state index contributed by atoms with van der Waals surface area (Å²) in [5.74, 6) is 1.88. The largest absolute Gasteiger partial charge is 0.477 e. The fourth-order valence-corrected chi connectivity index (χ4v) is 3.69. The quantitative estimate of drug-likeness (QED) is 0.716. The normalized spacial score (nSPS) is 16.2. The lowest BCUT2D eigenvalue weighted by molar-refractivity contribution is 0.209. The summed E-state index contributed by atoms with van der Waals surface area (Å²) < 4.78 is 5.86. The zero-order chi connectivity index (χ0) is 18.2. The molecule has 0 bridgehead atoms. The average molecular weight is 372 g/mol. The fraction of sp³-hybridized carbons (Fsp3) is 0.421. The molecule has 2 aromatic heterocycles. The van der Waals surface area contributed by atoms with E-state index in [2.05, 4.69) is 37.7 Å². The average Bonchev–Trinajstić information content (AvgIpc) is 3.14. The smallest absolute Gasteiger partial charge is 0.218 e. The number of hydrogen-bond acceptors (Lipinski definition) is 7. The van der Waals surface area contributed by atoms with Crippen molar-refractivity contribution in [2.75, 3.05) is 25.0 Å². The number of nitrogens with zero attached hydrogens (tertiary/aromatic N) is 3. The molecule has 0 aromatic carbocycles. The van der Waals surface area contributed by atoms with Gasteiger partial charge in [-0.3, -0.25) is 0 Å². The van der Waals surface area contributed by atoms with E-state index in [9.17, 15) is 0 Å². The second-order valence-corrected chi connectivity index (χ2v) is 7.18. The summed E-state index contributed by atoms with van der Waals surface area (Å²) in [7, 11) is 0. The van der Waals surface area contributed by atoms with Gasteiger partial charge in [-0.1, -0.05) is 29.6 Å². The van der Waals surface area contributed by atoms with Crippen molar-refractivity contribution in [2.45, 2.75) is 26.7 Å².